The van der Waals surface area contributed by atoms with Crippen molar-refractivity contribution >= 4 is 27.9 Å². The van der Waals surface area contributed by atoms with Gasteiger partial charge in [0.15, 0.2) is 17.2 Å². The predicted octanol–water partition coefficient (Wildman–Crippen LogP) is 3.73. The van der Waals surface area contributed by atoms with E-state index in [1.807, 2.05) is 24.3 Å². The molecule has 2 aromatic carbocycles. The number of H-pyrrole nitrogens is 1. The number of amides is 1. The van der Waals surface area contributed by atoms with Crippen LogP contribution >= 0.6 is 0 Å². The number of furan rings is 1. The molecule has 0 aliphatic heterocycles. The number of halogens is 1. The minimum Gasteiger partial charge on any atom is -0.448 e. The van der Waals surface area contributed by atoms with Crippen LogP contribution in [0, 0.1) is 12.7 Å². The molecular formula is C19H16FN3O2. The van der Waals surface area contributed by atoms with Crippen LogP contribution in [0.4, 0.5) is 4.39 Å². The van der Waals surface area contributed by atoms with E-state index in [1.165, 1.54) is 6.07 Å². The highest BCUT2D eigenvalue weighted by atomic mass is 19.1. The van der Waals surface area contributed by atoms with Gasteiger partial charge in [0.1, 0.15) is 5.82 Å². The Morgan fingerprint density at radius 1 is 1.24 bits per heavy atom. The Morgan fingerprint density at radius 2 is 2.08 bits per heavy atom. The summed E-state index contributed by atoms with van der Waals surface area (Å²) in [5.41, 5.74) is 2.61. The molecule has 25 heavy (non-hydrogen) atoms. The Hall–Kier alpha value is -3.15. The quantitative estimate of drug-likeness (QED) is 0.596. The summed E-state index contributed by atoms with van der Waals surface area (Å²) in [6.45, 7) is 2.15. The smallest absolute Gasteiger partial charge is 0.287 e. The number of imidazole rings is 1. The van der Waals surface area contributed by atoms with E-state index in [2.05, 4.69) is 15.3 Å². The predicted molar refractivity (Wildman–Crippen MR) is 93.0 cm³/mol. The first-order valence-corrected chi connectivity index (χ1v) is 8.03. The monoisotopic (exact) mass is 337 g/mol. The molecule has 0 aliphatic rings. The van der Waals surface area contributed by atoms with Crippen LogP contribution < -0.4 is 5.32 Å². The number of nitrogens with one attached hydrogen (secondary N) is 2. The van der Waals surface area contributed by atoms with E-state index >= 15 is 0 Å². The molecule has 1 amide bonds. The van der Waals surface area contributed by atoms with E-state index in [-0.39, 0.29) is 17.3 Å². The van der Waals surface area contributed by atoms with Gasteiger partial charge in [0.05, 0.1) is 11.0 Å². The number of benzene rings is 2. The van der Waals surface area contributed by atoms with Gasteiger partial charge < -0.3 is 14.7 Å². The van der Waals surface area contributed by atoms with Crippen molar-refractivity contribution < 1.29 is 13.6 Å². The third-order valence-electron chi connectivity index (χ3n) is 4.21. The van der Waals surface area contributed by atoms with Gasteiger partial charge in [-0.25, -0.2) is 9.37 Å². The van der Waals surface area contributed by atoms with Gasteiger partial charge in [0, 0.05) is 23.9 Å². The van der Waals surface area contributed by atoms with Crippen LogP contribution in [0.3, 0.4) is 0 Å². The van der Waals surface area contributed by atoms with Crippen LogP contribution in [0.1, 0.15) is 21.9 Å². The van der Waals surface area contributed by atoms with Gasteiger partial charge in [0.2, 0.25) is 0 Å². The molecule has 0 bridgehead atoms. The second kappa shape index (κ2) is 6.05. The van der Waals surface area contributed by atoms with E-state index in [4.69, 9.17) is 4.42 Å². The molecule has 4 aromatic rings. The molecule has 126 valence electrons. The maximum atomic E-state index is 13.8. The standard InChI is InChI=1S/C19H16FN3O2/c1-11-12-5-4-6-13(20)18(12)25-17(11)19(24)21-10-9-16-22-14-7-2-3-8-15(14)23-16/h2-8H,9-10H2,1H3,(H,21,24)(H,22,23). The molecule has 2 aromatic heterocycles. The van der Waals surface area contributed by atoms with Crippen molar-refractivity contribution in [3.63, 3.8) is 0 Å². The normalized spacial score (nSPS) is 11.3. The van der Waals surface area contributed by atoms with Gasteiger partial charge in [-0.15, -0.1) is 0 Å². The van der Waals surface area contributed by atoms with Crippen molar-refractivity contribution in [2.75, 3.05) is 6.54 Å². The Labute approximate surface area is 142 Å². The average molecular weight is 337 g/mol. The Bertz CT molecular complexity index is 1050. The number of carbonyl (C=O) groups excluding carboxylic acids is 1. The molecule has 6 heteroatoms. The minimum atomic E-state index is -0.470. The van der Waals surface area contributed by atoms with Crippen LogP contribution in [0.25, 0.3) is 22.0 Å². The van der Waals surface area contributed by atoms with Crippen LogP contribution in [-0.2, 0) is 6.42 Å². The van der Waals surface area contributed by atoms with Crippen molar-refractivity contribution in [2.24, 2.45) is 0 Å². The summed E-state index contributed by atoms with van der Waals surface area (Å²) in [7, 11) is 0. The molecular weight excluding hydrogens is 321 g/mol. The lowest BCUT2D eigenvalue weighted by Crippen LogP contribution is -2.26. The minimum absolute atomic E-state index is 0.113. The second-order valence-corrected chi connectivity index (χ2v) is 5.88. The molecule has 0 saturated carbocycles. The number of aryl methyl sites for hydroxylation is 1. The first-order valence-electron chi connectivity index (χ1n) is 8.03. The van der Waals surface area contributed by atoms with Gasteiger partial charge in [-0.05, 0) is 25.1 Å². The largest absolute Gasteiger partial charge is 0.448 e. The summed E-state index contributed by atoms with van der Waals surface area (Å²) >= 11 is 0. The van der Waals surface area contributed by atoms with Gasteiger partial charge in [-0.2, -0.15) is 0 Å². The zero-order valence-corrected chi connectivity index (χ0v) is 13.6. The lowest BCUT2D eigenvalue weighted by Gasteiger charge is -2.02. The fourth-order valence-corrected chi connectivity index (χ4v) is 2.92. The topological polar surface area (TPSA) is 70.9 Å². The van der Waals surface area contributed by atoms with E-state index < -0.39 is 5.82 Å². The van der Waals surface area contributed by atoms with Crippen molar-refractivity contribution in [2.45, 2.75) is 13.3 Å². The fraction of sp³-hybridized carbons (Fsp3) is 0.158. The first kappa shape index (κ1) is 15.4. The molecule has 0 saturated heterocycles. The number of hydrogen-bond donors (Lipinski definition) is 2. The van der Waals surface area contributed by atoms with Crippen molar-refractivity contribution in [3.05, 3.63) is 65.4 Å². The maximum Gasteiger partial charge on any atom is 0.287 e. The molecule has 2 heterocycles. The van der Waals surface area contributed by atoms with Crippen molar-refractivity contribution in [1.82, 2.24) is 15.3 Å². The molecule has 0 atom stereocenters. The van der Waals surface area contributed by atoms with E-state index in [1.54, 1.807) is 19.1 Å². The van der Waals surface area contributed by atoms with Crippen LogP contribution in [0.5, 0.6) is 0 Å². The summed E-state index contributed by atoms with van der Waals surface area (Å²) in [6.07, 6.45) is 0.564. The number of aromatic amines is 1. The zero-order valence-electron chi connectivity index (χ0n) is 13.6. The molecule has 0 spiro atoms. The van der Waals surface area contributed by atoms with E-state index in [0.29, 0.717) is 23.9 Å². The number of para-hydroxylation sites is 3. The molecule has 0 unspecified atom stereocenters. The lowest BCUT2D eigenvalue weighted by molar-refractivity contribution is 0.0927. The first-order chi connectivity index (χ1) is 12.1. The SMILES string of the molecule is Cc1c(C(=O)NCCc2nc3ccccc3[nH]2)oc2c(F)cccc12. The molecule has 5 nitrogen and oxygen atoms in total. The van der Waals surface area contributed by atoms with E-state index in [0.717, 1.165) is 16.9 Å². The van der Waals surface area contributed by atoms with Crippen LogP contribution in [0.2, 0.25) is 0 Å². The Kier molecular flexibility index (Phi) is 3.72. The van der Waals surface area contributed by atoms with Crippen LogP contribution in [-0.4, -0.2) is 22.4 Å². The molecule has 2 N–H and O–H groups in total. The Balaban J connectivity index is 1.47. The van der Waals surface area contributed by atoms with Crippen molar-refractivity contribution in [1.29, 1.82) is 0 Å². The maximum absolute atomic E-state index is 13.8. The summed E-state index contributed by atoms with van der Waals surface area (Å²) < 4.78 is 19.2. The number of fused-ring (bicyclic) bond motifs is 2. The number of aromatic nitrogens is 2. The molecule has 4 rings (SSSR count). The third-order valence-corrected chi connectivity index (χ3v) is 4.21. The average Bonchev–Trinajstić information content (AvgIpc) is 3.17. The lowest BCUT2D eigenvalue weighted by atomic mass is 10.1. The fourth-order valence-electron chi connectivity index (χ4n) is 2.92. The van der Waals surface area contributed by atoms with Crippen LogP contribution in [0.15, 0.2) is 46.9 Å². The molecule has 0 fully saturated rings. The summed E-state index contributed by atoms with van der Waals surface area (Å²) in [6, 6.07) is 12.4. The number of rotatable bonds is 4. The van der Waals surface area contributed by atoms with Gasteiger partial charge in [-0.1, -0.05) is 24.3 Å². The highest BCUT2D eigenvalue weighted by Crippen LogP contribution is 2.27. The molecule has 0 radical (unpaired) electrons. The molecule has 0 aliphatic carbocycles. The second-order valence-electron chi connectivity index (χ2n) is 5.88. The van der Waals surface area contributed by atoms with Crippen molar-refractivity contribution in [3.8, 4) is 0 Å². The number of hydrogen-bond acceptors (Lipinski definition) is 3. The summed E-state index contributed by atoms with van der Waals surface area (Å²) in [5.74, 6) is 0.115. The number of nitrogens with zero attached hydrogens (tertiary/aromatic N) is 1. The Morgan fingerprint density at radius 3 is 2.88 bits per heavy atom. The van der Waals surface area contributed by atoms with E-state index in [9.17, 15) is 9.18 Å². The third kappa shape index (κ3) is 2.76. The van der Waals surface area contributed by atoms with Gasteiger partial charge >= 0.3 is 0 Å². The highest BCUT2D eigenvalue weighted by molar-refractivity contribution is 5.99. The summed E-state index contributed by atoms with van der Waals surface area (Å²) in [5, 5.41) is 3.41. The summed E-state index contributed by atoms with van der Waals surface area (Å²) in [4.78, 5) is 20.0. The zero-order chi connectivity index (χ0) is 17.4. The number of carbonyl (C=O) groups is 1. The highest BCUT2D eigenvalue weighted by Gasteiger charge is 2.19. The van der Waals surface area contributed by atoms with Gasteiger partial charge in [-0.3, -0.25) is 4.79 Å². The van der Waals surface area contributed by atoms with Gasteiger partial charge in [0.25, 0.3) is 5.91 Å².